The topological polar surface area (TPSA) is 65.4 Å². The van der Waals surface area contributed by atoms with E-state index in [-0.39, 0.29) is 17.7 Å². The number of hydrogen-bond acceptors (Lipinski definition) is 4. The highest BCUT2D eigenvalue weighted by Crippen LogP contribution is 2.29. The first-order chi connectivity index (χ1) is 12.2. The molecule has 0 unspecified atom stereocenters. The Balaban J connectivity index is 1.38. The number of nitrogens with one attached hydrogen (secondary N) is 1. The van der Waals surface area contributed by atoms with Crippen LogP contribution in [0.3, 0.4) is 0 Å². The first-order valence-electron chi connectivity index (χ1n) is 9.23. The maximum absolute atomic E-state index is 11.5. The minimum Gasteiger partial charge on any atom is -0.493 e. The predicted octanol–water partition coefficient (Wildman–Crippen LogP) is 2.57. The number of rotatable bonds is 6. The zero-order chi connectivity index (χ0) is 17.6. The summed E-state index contributed by atoms with van der Waals surface area (Å²) in [5.41, 5.74) is 1.25. The van der Waals surface area contributed by atoms with Crippen molar-refractivity contribution in [3.63, 3.8) is 0 Å². The highest BCUT2D eigenvalue weighted by atomic mass is 16.5. The van der Waals surface area contributed by atoms with E-state index in [0.29, 0.717) is 5.92 Å². The largest absolute Gasteiger partial charge is 0.493 e. The van der Waals surface area contributed by atoms with E-state index in [4.69, 9.17) is 10.00 Å². The lowest BCUT2D eigenvalue weighted by atomic mass is 9.83. The number of benzene rings is 1. The van der Waals surface area contributed by atoms with Gasteiger partial charge in [-0.2, -0.15) is 5.26 Å². The summed E-state index contributed by atoms with van der Waals surface area (Å²) >= 11 is 0. The molecular weight excluding hydrogens is 314 g/mol. The minimum atomic E-state index is 0.142. The number of ether oxygens (including phenoxy) is 1. The number of amides is 1. The van der Waals surface area contributed by atoms with Gasteiger partial charge in [-0.15, -0.1) is 0 Å². The van der Waals surface area contributed by atoms with E-state index in [1.54, 1.807) is 7.05 Å². The number of nitrogens with zero attached hydrogens (tertiary/aromatic N) is 2. The van der Waals surface area contributed by atoms with Crippen LogP contribution in [0.2, 0.25) is 0 Å². The summed E-state index contributed by atoms with van der Waals surface area (Å²) in [7, 11) is 1.69. The Kier molecular flexibility index (Phi) is 5.93. The Morgan fingerprint density at radius 3 is 2.52 bits per heavy atom. The number of hydrogen-bond donors (Lipinski definition) is 1. The Hall–Kier alpha value is -2.06. The van der Waals surface area contributed by atoms with Crippen LogP contribution in [0, 0.1) is 29.1 Å². The zero-order valence-electron chi connectivity index (χ0n) is 14.9. The molecule has 3 rings (SSSR count). The quantitative estimate of drug-likeness (QED) is 0.864. The SMILES string of the molecule is CNC(=O)C1CN(Cc2ccc(OCC3CCC(C#N)CC3)cc2)C1. The average molecular weight is 341 g/mol. The monoisotopic (exact) mass is 341 g/mol. The molecule has 1 aromatic rings. The van der Waals surface area contributed by atoms with Gasteiger partial charge in [0.25, 0.3) is 0 Å². The molecule has 0 aromatic heterocycles. The fraction of sp³-hybridized carbons (Fsp3) is 0.600. The van der Waals surface area contributed by atoms with Gasteiger partial charge < -0.3 is 10.1 Å². The van der Waals surface area contributed by atoms with Crippen LogP contribution in [-0.2, 0) is 11.3 Å². The molecule has 2 fully saturated rings. The summed E-state index contributed by atoms with van der Waals surface area (Å²) in [4.78, 5) is 13.8. The summed E-state index contributed by atoms with van der Waals surface area (Å²) < 4.78 is 5.93. The molecule has 1 saturated carbocycles. The van der Waals surface area contributed by atoms with Crippen molar-refractivity contribution >= 4 is 5.91 Å². The molecule has 25 heavy (non-hydrogen) atoms. The summed E-state index contributed by atoms with van der Waals surface area (Å²) in [5, 5.41) is 11.7. The fourth-order valence-corrected chi connectivity index (χ4v) is 3.69. The van der Waals surface area contributed by atoms with Crippen molar-refractivity contribution in [2.75, 3.05) is 26.7 Å². The van der Waals surface area contributed by atoms with E-state index in [2.05, 4.69) is 28.4 Å². The Morgan fingerprint density at radius 1 is 1.24 bits per heavy atom. The summed E-state index contributed by atoms with van der Waals surface area (Å²) in [6, 6.07) is 10.7. The molecule has 0 spiro atoms. The molecule has 134 valence electrons. The third-order valence-corrected chi connectivity index (χ3v) is 5.42. The molecule has 1 N–H and O–H groups in total. The highest BCUT2D eigenvalue weighted by Gasteiger charge is 2.31. The first kappa shape index (κ1) is 17.8. The molecule has 0 bridgehead atoms. The molecule has 5 heteroatoms. The van der Waals surface area contributed by atoms with Crippen LogP contribution >= 0.6 is 0 Å². The van der Waals surface area contributed by atoms with Gasteiger partial charge in [0.2, 0.25) is 5.91 Å². The van der Waals surface area contributed by atoms with Gasteiger partial charge in [-0.05, 0) is 49.3 Å². The second kappa shape index (κ2) is 8.35. The zero-order valence-corrected chi connectivity index (χ0v) is 14.9. The van der Waals surface area contributed by atoms with Gasteiger partial charge in [-0.1, -0.05) is 12.1 Å². The van der Waals surface area contributed by atoms with Crippen LogP contribution in [0.25, 0.3) is 0 Å². The van der Waals surface area contributed by atoms with Crippen molar-refractivity contribution in [3.8, 4) is 11.8 Å². The van der Waals surface area contributed by atoms with Gasteiger partial charge in [0.15, 0.2) is 0 Å². The van der Waals surface area contributed by atoms with E-state index < -0.39 is 0 Å². The van der Waals surface area contributed by atoms with Gasteiger partial charge >= 0.3 is 0 Å². The van der Waals surface area contributed by atoms with Gasteiger partial charge in [-0.3, -0.25) is 9.69 Å². The van der Waals surface area contributed by atoms with Crippen molar-refractivity contribution < 1.29 is 9.53 Å². The van der Waals surface area contributed by atoms with Crippen LogP contribution in [0.15, 0.2) is 24.3 Å². The third-order valence-electron chi connectivity index (χ3n) is 5.42. The van der Waals surface area contributed by atoms with Crippen molar-refractivity contribution in [1.29, 1.82) is 5.26 Å². The Labute approximate surface area is 150 Å². The Morgan fingerprint density at radius 2 is 1.92 bits per heavy atom. The lowest BCUT2D eigenvalue weighted by Crippen LogP contribution is -2.52. The molecule has 2 aliphatic rings. The third kappa shape index (κ3) is 4.73. The smallest absolute Gasteiger partial charge is 0.225 e. The molecule has 1 saturated heterocycles. The van der Waals surface area contributed by atoms with E-state index in [9.17, 15) is 4.79 Å². The molecule has 1 amide bonds. The molecule has 0 atom stereocenters. The molecule has 1 aromatic carbocycles. The fourth-order valence-electron chi connectivity index (χ4n) is 3.69. The second-order valence-corrected chi connectivity index (χ2v) is 7.31. The van der Waals surface area contributed by atoms with Crippen molar-refractivity contribution in [2.24, 2.45) is 17.8 Å². The maximum Gasteiger partial charge on any atom is 0.225 e. The standard InChI is InChI=1S/C20H27N3O2/c1-22-20(24)18-12-23(13-18)11-16-6-8-19(9-7-16)25-14-17-4-2-15(10-21)3-5-17/h6-9,15,17-18H,2-5,11-14H2,1H3,(H,22,24). The van der Waals surface area contributed by atoms with Gasteiger partial charge in [-0.25, -0.2) is 0 Å². The minimum absolute atomic E-state index is 0.142. The lowest BCUT2D eigenvalue weighted by Gasteiger charge is -2.38. The number of carbonyl (C=O) groups excluding carboxylic acids is 1. The van der Waals surface area contributed by atoms with Crippen LogP contribution in [0.4, 0.5) is 0 Å². The predicted molar refractivity (Wildman–Crippen MR) is 95.8 cm³/mol. The number of carbonyl (C=O) groups is 1. The van der Waals surface area contributed by atoms with Crippen LogP contribution in [-0.4, -0.2) is 37.6 Å². The number of likely N-dealkylation sites (tertiary alicyclic amines) is 1. The second-order valence-electron chi connectivity index (χ2n) is 7.31. The lowest BCUT2D eigenvalue weighted by molar-refractivity contribution is -0.129. The Bertz CT molecular complexity index is 609. The van der Waals surface area contributed by atoms with Crippen LogP contribution in [0.5, 0.6) is 5.75 Å². The van der Waals surface area contributed by atoms with Crippen molar-refractivity contribution in [1.82, 2.24) is 10.2 Å². The molecule has 1 heterocycles. The van der Waals surface area contributed by atoms with E-state index >= 15 is 0 Å². The summed E-state index contributed by atoms with van der Waals surface area (Å²) in [5.74, 6) is 2.03. The first-order valence-corrected chi connectivity index (χ1v) is 9.23. The van der Waals surface area contributed by atoms with Gasteiger partial charge in [0.05, 0.1) is 18.6 Å². The average Bonchev–Trinajstić information content (AvgIpc) is 2.63. The molecule has 1 aliphatic carbocycles. The van der Waals surface area contributed by atoms with Gasteiger partial charge in [0.1, 0.15) is 5.75 Å². The van der Waals surface area contributed by atoms with Crippen molar-refractivity contribution in [2.45, 2.75) is 32.2 Å². The number of nitriles is 1. The van der Waals surface area contributed by atoms with E-state index in [0.717, 1.165) is 57.7 Å². The highest BCUT2D eigenvalue weighted by molar-refractivity contribution is 5.79. The molecular formula is C20H27N3O2. The molecule has 0 radical (unpaired) electrons. The molecule has 1 aliphatic heterocycles. The van der Waals surface area contributed by atoms with Crippen LogP contribution in [0.1, 0.15) is 31.2 Å². The van der Waals surface area contributed by atoms with E-state index in [1.165, 1.54) is 5.56 Å². The maximum atomic E-state index is 11.5. The molecule has 5 nitrogen and oxygen atoms in total. The summed E-state index contributed by atoms with van der Waals surface area (Å²) in [6.07, 6.45) is 4.21. The normalized spacial score (nSPS) is 24.2. The van der Waals surface area contributed by atoms with E-state index in [1.807, 2.05) is 12.1 Å². The summed E-state index contributed by atoms with van der Waals surface area (Å²) in [6.45, 7) is 3.30. The van der Waals surface area contributed by atoms with Crippen LogP contribution < -0.4 is 10.1 Å². The van der Waals surface area contributed by atoms with Gasteiger partial charge in [0, 0.05) is 32.6 Å². The van der Waals surface area contributed by atoms with Crippen molar-refractivity contribution in [3.05, 3.63) is 29.8 Å².